The molecule has 0 heterocycles. The van der Waals surface area contributed by atoms with Gasteiger partial charge >= 0.3 is 0 Å². The summed E-state index contributed by atoms with van der Waals surface area (Å²) in [5, 5.41) is 0. The molecule has 1 aromatic rings. The normalized spacial score (nSPS) is 9.93. The van der Waals surface area contributed by atoms with Crippen molar-refractivity contribution in [3.63, 3.8) is 0 Å². The molecule has 0 saturated carbocycles. The summed E-state index contributed by atoms with van der Waals surface area (Å²) in [6.07, 6.45) is 0.789. The fraction of sp³-hybridized carbons (Fsp3) is 0.273. The smallest absolute Gasteiger partial charge is 0.141 e. The molecule has 0 fully saturated rings. The second kappa shape index (κ2) is 5.15. The molecule has 0 unspecified atom stereocenters. The lowest BCUT2D eigenvalue weighted by molar-refractivity contribution is 0.320. The van der Waals surface area contributed by atoms with Gasteiger partial charge in [0.25, 0.3) is 0 Å². The van der Waals surface area contributed by atoms with Gasteiger partial charge in [-0.2, -0.15) is 0 Å². The van der Waals surface area contributed by atoms with Crippen LogP contribution < -0.4 is 4.74 Å². The molecule has 0 spiro atoms. The summed E-state index contributed by atoms with van der Waals surface area (Å²) in [7, 11) is 0. The van der Waals surface area contributed by atoms with Gasteiger partial charge in [-0.3, -0.25) is 0 Å². The van der Waals surface area contributed by atoms with Crippen molar-refractivity contribution >= 4 is 15.9 Å². The summed E-state index contributed by atoms with van der Waals surface area (Å²) in [5.41, 5.74) is 1.06. The van der Waals surface area contributed by atoms with E-state index in [9.17, 15) is 4.39 Å². The third kappa shape index (κ3) is 3.50. The van der Waals surface area contributed by atoms with Crippen LogP contribution >= 0.6 is 15.9 Å². The highest BCUT2D eigenvalue weighted by Gasteiger charge is 2.00. The molecule has 1 nitrogen and oxygen atoms in total. The Bertz CT molecular complexity index is 336. The summed E-state index contributed by atoms with van der Waals surface area (Å²) in [5.74, 6) is 0.241. The molecule has 14 heavy (non-hydrogen) atoms. The van der Waals surface area contributed by atoms with Crippen LogP contribution in [-0.2, 0) is 0 Å². The zero-order valence-electron chi connectivity index (χ0n) is 8.02. The summed E-state index contributed by atoms with van der Waals surface area (Å²) >= 11 is 3.08. The molecule has 1 rings (SSSR count). The minimum atomic E-state index is -0.308. The Morgan fingerprint density at radius 3 is 2.86 bits per heavy atom. The maximum atomic E-state index is 13.0. The van der Waals surface area contributed by atoms with Gasteiger partial charge < -0.3 is 4.74 Å². The predicted octanol–water partition coefficient (Wildman–Crippen LogP) is 3.93. The van der Waals surface area contributed by atoms with Crippen LogP contribution in [0, 0.1) is 5.82 Å². The Labute approximate surface area is 91.7 Å². The van der Waals surface area contributed by atoms with E-state index in [4.69, 9.17) is 4.74 Å². The van der Waals surface area contributed by atoms with Gasteiger partial charge in [-0.25, -0.2) is 4.39 Å². The number of ether oxygens (including phenoxy) is 1. The fourth-order valence-electron chi connectivity index (χ4n) is 0.910. The standard InChI is InChI=1S/C11H12BrFO/c1-8(2)5-6-14-9-3-4-10(12)11(13)7-9/h3-4,7H,1,5-6H2,2H3. The van der Waals surface area contributed by atoms with E-state index in [0.717, 1.165) is 12.0 Å². The lowest BCUT2D eigenvalue weighted by Crippen LogP contribution is -1.97. The van der Waals surface area contributed by atoms with Crippen LogP contribution in [0.2, 0.25) is 0 Å². The van der Waals surface area contributed by atoms with Crippen molar-refractivity contribution in [3.05, 3.63) is 40.6 Å². The molecule has 0 radical (unpaired) electrons. The van der Waals surface area contributed by atoms with Gasteiger partial charge in [0.1, 0.15) is 11.6 Å². The van der Waals surface area contributed by atoms with Crippen LogP contribution in [0.3, 0.4) is 0 Å². The molecule has 0 aliphatic heterocycles. The number of benzene rings is 1. The molecule has 0 amide bonds. The van der Waals surface area contributed by atoms with Crippen LogP contribution in [0.15, 0.2) is 34.8 Å². The Kier molecular flexibility index (Phi) is 4.14. The SMILES string of the molecule is C=C(C)CCOc1ccc(Br)c(F)c1. The van der Waals surface area contributed by atoms with Crippen molar-refractivity contribution in [3.8, 4) is 5.75 Å². The van der Waals surface area contributed by atoms with Crippen LogP contribution in [-0.4, -0.2) is 6.61 Å². The van der Waals surface area contributed by atoms with E-state index >= 15 is 0 Å². The average Bonchev–Trinajstić information content (AvgIpc) is 2.10. The third-order valence-corrected chi connectivity index (χ3v) is 2.33. The van der Waals surface area contributed by atoms with Crippen molar-refractivity contribution < 1.29 is 9.13 Å². The molecule has 0 aromatic heterocycles. The fourth-order valence-corrected chi connectivity index (χ4v) is 1.16. The molecule has 0 aliphatic carbocycles. The summed E-state index contributed by atoms with van der Waals surface area (Å²) < 4.78 is 18.8. The molecule has 0 saturated heterocycles. The highest BCUT2D eigenvalue weighted by Crippen LogP contribution is 2.21. The molecule has 0 aliphatic rings. The van der Waals surface area contributed by atoms with Gasteiger partial charge in [-0.1, -0.05) is 5.57 Å². The van der Waals surface area contributed by atoms with Crippen molar-refractivity contribution in [1.82, 2.24) is 0 Å². The maximum absolute atomic E-state index is 13.0. The van der Waals surface area contributed by atoms with Gasteiger partial charge in [0.15, 0.2) is 0 Å². The van der Waals surface area contributed by atoms with Crippen LogP contribution in [0.25, 0.3) is 0 Å². The number of hydrogen-bond donors (Lipinski definition) is 0. The minimum absolute atomic E-state index is 0.308. The summed E-state index contributed by atoms with van der Waals surface area (Å²) in [6, 6.07) is 4.72. The first-order chi connectivity index (χ1) is 6.59. The van der Waals surface area contributed by atoms with E-state index in [1.54, 1.807) is 12.1 Å². The topological polar surface area (TPSA) is 9.23 Å². The predicted molar refractivity (Wildman–Crippen MR) is 59.0 cm³/mol. The van der Waals surface area contributed by atoms with Gasteiger partial charge in [-0.05, 0) is 35.0 Å². The van der Waals surface area contributed by atoms with Gasteiger partial charge in [-0.15, -0.1) is 6.58 Å². The Hall–Kier alpha value is -0.830. The van der Waals surface area contributed by atoms with Crippen molar-refractivity contribution in [1.29, 1.82) is 0 Å². The van der Waals surface area contributed by atoms with E-state index in [-0.39, 0.29) is 5.82 Å². The van der Waals surface area contributed by atoms with Crippen molar-refractivity contribution in [2.24, 2.45) is 0 Å². The van der Waals surface area contributed by atoms with E-state index in [0.29, 0.717) is 16.8 Å². The quantitative estimate of drug-likeness (QED) is 0.744. The molecule has 0 atom stereocenters. The number of halogens is 2. The lowest BCUT2D eigenvalue weighted by Gasteiger charge is -2.06. The zero-order chi connectivity index (χ0) is 10.6. The van der Waals surface area contributed by atoms with E-state index < -0.39 is 0 Å². The molecule has 76 valence electrons. The van der Waals surface area contributed by atoms with E-state index in [1.165, 1.54) is 6.07 Å². The van der Waals surface area contributed by atoms with Gasteiger partial charge in [0.2, 0.25) is 0 Å². The van der Waals surface area contributed by atoms with E-state index in [1.807, 2.05) is 6.92 Å². The molecule has 0 N–H and O–H groups in total. The Balaban J connectivity index is 2.51. The van der Waals surface area contributed by atoms with Gasteiger partial charge in [0.05, 0.1) is 11.1 Å². The first kappa shape index (κ1) is 11.2. The average molecular weight is 259 g/mol. The monoisotopic (exact) mass is 258 g/mol. The first-order valence-electron chi connectivity index (χ1n) is 4.32. The first-order valence-corrected chi connectivity index (χ1v) is 5.11. The maximum Gasteiger partial charge on any atom is 0.141 e. The highest BCUT2D eigenvalue weighted by molar-refractivity contribution is 9.10. The van der Waals surface area contributed by atoms with Crippen LogP contribution in [0.4, 0.5) is 4.39 Å². The largest absolute Gasteiger partial charge is 0.493 e. The third-order valence-electron chi connectivity index (χ3n) is 1.69. The van der Waals surface area contributed by atoms with Crippen LogP contribution in [0.1, 0.15) is 13.3 Å². The van der Waals surface area contributed by atoms with Gasteiger partial charge in [0, 0.05) is 12.5 Å². The molecule has 3 heteroatoms. The zero-order valence-corrected chi connectivity index (χ0v) is 9.60. The molecule has 1 aromatic carbocycles. The molecular formula is C11H12BrFO. The lowest BCUT2D eigenvalue weighted by atomic mass is 10.2. The summed E-state index contributed by atoms with van der Waals surface area (Å²) in [6.45, 7) is 6.23. The second-order valence-corrected chi connectivity index (χ2v) is 3.99. The van der Waals surface area contributed by atoms with Crippen molar-refractivity contribution in [2.75, 3.05) is 6.61 Å². The highest BCUT2D eigenvalue weighted by atomic mass is 79.9. The molecular weight excluding hydrogens is 247 g/mol. The second-order valence-electron chi connectivity index (χ2n) is 3.13. The summed E-state index contributed by atoms with van der Waals surface area (Å²) in [4.78, 5) is 0. The van der Waals surface area contributed by atoms with Crippen LogP contribution in [0.5, 0.6) is 5.75 Å². The molecule has 0 bridgehead atoms. The van der Waals surface area contributed by atoms with E-state index in [2.05, 4.69) is 22.5 Å². The Morgan fingerprint density at radius 1 is 1.57 bits per heavy atom. The minimum Gasteiger partial charge on any atom is -0.493 e. The van der Waals surface area contributed by atoms with Crippen molar-refractivity contribution in [2.45, 2.75) is 13.3 Å². The number of hydrogen-bond acceptors (Lipinski definition) is 1. The Morgan fingerprint density at radius 2 is 2.29 bits per heavy atom. The number of rotatable bonds is 4.